The van der Waals surface area contributed by atoms with Crippen LogP contribution in [-0.4, -0.2) is 23.6 Å². The van der Waals surface area contributed by atoms with E-state index < -0.39 is 0 Å². The van der Waals surface area contributed by atoms with E-state index in [9.17, 15) is 0 Å². The molecule has 0 aliphatic carbocycles. The van der Waals surface area contributed by atoms with Crippen LogP contribution >= 0.6 is 11.6 Å². The van der Waals surface area contributed by atoms with E-state index in [-0.39, 0.29) is 5.54 Å². The first-order chi connectivity index (χ1) is 10.4. The summed E-state index contributed by atoms with van der Waals surface area (Å²) in [5.41, 5.74) is 3.56. The predicted octanol–water partition coefficient (Wildman–Crippen LogP) is 4.64. The van der Waals surface area contributed by atoms with Gasteiger partial charge >= 0.3 is 0 Å². The van der Waals surface area contributed by atoms with Crippen LogP contribution in [0.4, 0.5) is 5.69 Å². The number of aromatic nitrogens is 1. The van der Waals surface area contributed by atoms with Crippen molar-refractivity contribution in [1.29, 1.82) is 0 Å². The fraction of sp³-hybridized carbons (Fsp3) is 0.500. The van der Waals surface area contributed by atoms with Gasteiger partial charge in [-0.25, -0.2) is 0 Å². The highest BCUT2D eigenvalue weighted by atomic mass is 35.5. The molecule has 0 bridgehead atoms. The van der Waals surface area contributed by atoms with E-state index in [2.05, 4.69) is 49.4 Å². The summed E-state index contributed by atoms with van der Waals surface area (Å²) >= 11 is 6.06. The van der Waals surface area contributed by atoms with Crippen molar-refractivity contribution >= 4 is 28.2 Å². The van der Waals surface area contributed by atoms with E-state index >= 15 is 0 Å². The summed E-state index contributed by atoms with van der Waals surface area (Å²) < 4.78 is 0. The molecule has 2 N–H and O–H groups in total. The third-order valence-corrected chi connectivity index (χ3v) is 3.84. The first kappa shape index (κ1) is 17.0. The molecule has 0 radical (unpaired) electrons. The van der Waals surface area contributed by atoms with Gasteiger partial charge in [-0.1, -0.05) is 18.5 Å². The maximum absolute atomic E-state index is 6.06. The van der Waals surface area contributed by atoms with Crippen LogP contribution in [0.5, 0.6) is 0 Å². The molecule has 0 amide bonds. The lowest BCUT2D eigenvalue weighted by molar-refractivity contribution is 0.425. The number of nitrogens with zero attached hydrogens (tertiary/aromatic N) is 1. The average Bonchev–Trinajstić information content (AvgIpc) is 2.45. The number of anilines is 1. The number of hydrogen-bond acceptors (Lipinski definition) is 3. The van der Waals surface area contributed by atoms with Gasteiger partial charge in [-0.3, -0.25) is 4.98 Å². The standard InChI is InChI=1S/C18H26ClN3/c1-5-13-12-21-16-11-14(19)7-8-15(16)17(13)20-9-6-10-22-18(2,3)4/h7-8,11-12,22H,5-6,9-10H2,1-4H3,(H,20,21). The molecule has 0 unspecified atom stereocenters. The van der Waals surface area contributed by atoms with Crippen LogP contribution in [0.3, 0.4) is 0 Å². The molecular weight excluding hydrogens is 294 g/mol. The lowest BCUT2D eigenvalue weighted by atomic mass is 10.1. The minimum absolute atomic E-state index is 0.175. The molecule has 0 fully saturated rings. The third kappa shape index (κ3) is 4.59. The Labute approximate surface area is 138 Å². The zero-order chi connectivity index (χ0) is 16.2. The summed E-state index contributed by atoms with van der Waals surface area (Å²) in [7, 11) is 0. The first-order valence-corrected chi connectivity index (χ1v) is 8.34. The van der Waals surface area contributed by atoms with Crippen LogP contribution in [0.1, 0.15) is 39.7 Å². The van der Waals surface area contributed by atoms with Gasteiger partial charge < -0.3 is 10.6 Å². The number of nitrogens with one attached hydrogen (secondary N) is 2. The minimum Gasteiger partial charge on any atom is -0.384 e. The van der Waals surface area contributed by atoms with E-state index in [1.54, 1.807) is 0 Å². The number of benzene rings is 1. The smallest absolute Gasteiger partial charge is 0.0737 e. The van der Waals surface area contributed by atoms with E-state index in [1.807, 2.05) is 18.3 Å². The van der Waals surface area contributed by atoms with Crippen molar-refractivity contribution in [2.45, 2.75) is 46.1 Å². The van der Waals surface area contributed by atoms with Gasteiger partial charge in [0.1, 0.15) is 0 Å². The summed E-state index contributed by atoms with van der Waals surface area (Å²) in [6.45, 7) is 10.7. The summed E-state index contributed by atoms with van der Waals surface area (Å²) in [5, 5.41) is 8.97. The van der Waals surface area contributed by atoms with Crippen molar-refractivity contribution in [2.75, 3.05) is 18.4 Å². The molecule has 0 saturated carbocycles. The summed E-state index contributed by atoms with van der Waals surface area (Å²) in [6, 6.07) is 5.90. The van der Waals surface area contributed by atoms with Gasteiger partial charge in [0.25, 0.3) is 0 Å². The number of aryl methyl sites for hydroxylation is 1. The maximum atomic E-state index is 6.06. The molecule has 4 heteroatoms. The van der Waals surface area contributed by atoms with Crippen LogP contribution in [0.15, 0.2) is 24.4 Å². The van der Waals surface area contributed by atoms with Crippen molar-refractivity contribution in [3.05, 3.63) is 35.0 Å². The van der Waals surface area contributed by atoms with Crippen LogP contribution in [0.2, 0.25) is 5.02 Å². The van der Waals surface area contributed by atoms with Crippen LogP contribution < -0.4 is 10.6 Å². The average molecular weight is 320 g/mol. The highest BCUT2D eigenvalue weighted by molar-refractivity contribution is 6.31. The molecule has 0 saturated heterocycles. The van der Waals surface area contributed by atoms with Gasteiger partial charge in [0.2, 0.25) is 0 Å². The zero-order valence-corrected chi connectivity index (χ0v) is 14.7. The largest absolute Gasteiger partial charge is 0.384 e. The number of halogens is 1. The molecule has 3 nitrogen and oxygen atoms in total. The summed E-state index contributed by atoms with van der Waals surface area (Å²) in [5.74, 6) is 0. The lowest BCUT2D eigenvalue weighted by Crippen LogP contribution is -2.36. The van der Waals surface area contributed by atoms with Crippen molar-refractivity contribution < 1.29 is 0 Å². The molecule has 0 aliphatic heterocycles. The molecule has 1 aromatic heterocycles. The second-order valence-corrected chi connectivity index (χ2v) is 7.07. The molecular formula is C18H26ClN3. The Morgan fingerprint density at radius 2 is 1.95 bits per heavy atom. The van der Waals surface area contributed by atoms with Gasteiger partial charge in [0, 0.05) is 34.4 Å². The number of pyridine rings is 1. The van der Waals surface area contributed by atoms with Gasteiger partial charge in [-0.05, 0) is 63.9 Å². The van der Waals surface area contributed by atoms with Crippen LogP contribution in [0, 0.1) is 0 Å². The summed E-state index contributed by atoms with van der Waals surface area (Å²) in [4.78, 5) is 4.51. The van der Waals surface area contributed by atoms with Gasteiger partial charge in [-0.2, -0.15) is 0 Å². The van der Waals surface area contributed by atoms with Crippen molar-refractivity contribution in [1.82, 2.24) is 10.3 Å². The molecule has 2 rings (SSSR count). The van der Waals surface area contributed by atoms with Crippen LogP contribution in [-0.2, 0) is 6.42 Å². The normalized spacial score (nSPS) is 11.9. The Balaban J connectivity index is 2.08. The number of fused-ring (bicyclic) bond motifs is 1. The number of hydrogen-bond donors (Lipinski definition) is 2. The maximum Gasteiger partial charge on any atom is 0.0737 e. The SMILES string of the molecule is CCc1cnc2cc(Cl)ccc2c1NCCCNC(C)(C)C. The fourth-order valence-electron chi connectivity index (χ4n) is 2.45. The van der Waals surface area contributed by atoms with E-state index in [0.717, 1.165) is 41.9 Å². The van der Waals surface area contributed by atoms with Crippen LogP contribution in [0.25, 0.3) is 10.9 Å². The minimum atomic E-state index is 0.175. The van der Waals surface area contributed by atoms with Gasteiger partial charge in [0.15, 0.2) is 0 Å². The molecule has 1 heterocycles. The van der Waals surface area contributed by atoms with Gasteiger partial charge in [-0.15, -0.1) is 0 Å². The molecule has 0 spiro atoms. The number of rotatable bonds is 6. The Bertz CT molecular complexity index is 632. The fourth-order valence-corrected chi connectivity index (χ4v) is 2.62. The second-order valence-electron chi connectivity index (χ2n) is 6.63. The Morgan fingerprint density at radius 3 is 2.64 bits per heavy atom. The van der Waals surface area contributed by atoms with E-state index in [4.69, 9.17) is 11.6 Å². The Morgan fingerprint density at radius 1 is 1.18 bits per heavy atom. The Kier molecular flexibility index (Phi) is 5.65. The predicted molar refractivity (Wildman–Crippen MR) is 97.0 cm³/mol. The monoisotopic (exact) mass is 319 g/mol. The highest BCUT2D eigenvalue weighted by Gasteiger charge is 2.09. The third-order valence-electron chi connectivity index (χ3n) is 3.60. The van der Waals surface area contributed by atoms with E-state index in [0.29, 0.717) is 0 Å². The van der Waals surface area contributed by atoms with Crippen molar-refractivity contribution in [2.24, 2.45) is 0 Å². The molecule has 120 valence electrons. The lowest BCUT2D eigenvalue weighted by Gasteiger charge is -2.21. The molecule has 1 aromatic carbocycles. The van der Waals surface area contributed by atoms with Gasteiger partial charge in [0.05, 0.1) is 5.52 Å². The zero-order valence-electron chi connectivity index (χ0n) is 14.0. The van der Waals surface area contributed by atoms with Crippen molar-refractivity contribution in [3.63, 3.8) is 0 Å². The molecule has 22 heavy (non-hydrogen) atoms. The molecule has 0 atom stereocenters. The molecule has 0 aliphatic rings. The highest BCUT2D eigenvalue weighted by Crippen LogP contribution is 2.28. The summed E-state index contributed by atoms with van der Waals surface area (Å²) in [6.07, 6.45) is 4.00. The topological polar surface area (TPSA) is 37.0 Å². The first-order valence-electron chi connectivity index (χ1n) is 7.97. The second kappa shape index (κ2) is 7.30. The van der Waals surface area contributed by atoms with Crippen molar-refractivity contribution in [3.8, 4) is 0 Å². The quantitative estimate of drug-likeness (QED) is 0.761. The Hall–Kier alpha value is -1.32. The van der Waals surface area contributed by atoms with E-state index in [1.165, 1.54) is 11.3 Å². The molecule has 2 aromatic rings.